The van der Waals surface area contributed by atoms with E-state index in [1.165, 1.54) is 25.7 Å². The van der Waals surface area contributed by atoms with Crippen molar-refractivity contribution >= 4 is 17.4 Å². The smallest absolute Gasteiger partial charge is 0.323 e. The molecule has 0 radical (unpaired) electrons. The molecule has 0 unspecified atom stereocenters. The summed E-state index contributed by atoms with van der Waals surface area (Å²) < 4.78 is 11.9. The number of carbonyl (C=O) groups is 1. The van der Waals surface area contributed by atoms with E-state index in [1.807, 2.05) is 48.5 Å². The number of rotatable bonds is 6. The van der Waals surface area contributed by atoms with Crippen LogP contribution in [0, 0.1) is 0 Å². The highest BCUT2D eigenvalue weighted by Gasteiger charge is 2.17. The second-order valence-electron chi connectivity index (χ2n) is 7.68. The van der Waals surface area contributed by atoms with E-state index in [-0.39, 0.29) is 6.03 Å². The van der Waals surface area contributed by atoms with Gasteiger partial charge in [0.2, 0.25) is 0 Å². The average Bonchev–Trinajstić information content (AvgIpc) is 3.39. The SMILES string of the molecule is O=C(Nc1ccc(OC2CCCC2)cc1)Nc1ccc(OC2CCCC2)cc1. The predicted octanol–water partition coefficient (Wildman–Crippen LogP) is 5.97. The Balaban J connectivity index is 1.25. The fraction of sp³-hybridized carbons (Fsp3) is 0.435. The van der Waals surface area contributed by atoms with Gasteiger partial charge in [0.25, 0.3) is 0 Å². The molecule has 0 spiro atoms. The molecule has 2 aliphatic rings. The van der Waals surface area contributed by atoms with Gasteiger partial charge in [-0.05, 0) is 99.9 Å². The van der Waals surface area contributed by atoms with Crippen LogP contribution < -0.4 is 20.1 Å². The molecule has 148 valence electrons. The van der Waals surface area contributed by atoms with E-state index in [0.29, 0.717) is 12.2 Å². The van der Waals surface area contributed by atoms with Crippen molar-refractivity contribution < 1.29 is 14.3 Å². The highest BCUT2D eigenvalue weighted by molar-refractivity contribution is 5.99. The normalized spacial score (nSPS) is 17.4. The van der Waals surface area contributed by atoms with E-state index in [1.54, 1.807) is 0 Å². The second kappa shape index (κ2) is 9.00. The third kappa shape index (κ3) is 5.18. The molecular weight excluding hydrogens is 352 g/mol. The Labute approximate surface area is 166 Å². The van der Waals surface area contributed by atoms with Gasteiger partial charge in [0, 0.05) is 11.4 Å². The van der Waals surface area contributed by atoms with E-state index < -0.39 is 0 Å². The van der Waals surface area contributed by atoms with Crippen LogP contribution in [0.4, 0.5) is 16.2 Å². The van der Waals surface area contributed by atoms with Gasteiger partial charge in [-0.1, -0.05) is 0 Å². The number of nitrogens with one attached hydrogen (secondary N) is 2. The molecule has 2 fully saturated rings. The minimum absolute atomic E-state index is 0.270. The molecule has 2 saturated carbocycles. The Morgan fingerprint density at radius 2 is 1.00 bits per heavy atom. The van der Waals surface area contributed by atoms with Crippen LogP contribution in [0.1, 0.15) is 51.4 Å². The standard InChI is InChI=1S/C23H28N2O3/c26-23(24-17-9-13-21(14-10-17)27-19-5-1-2-6-19)25-18-11-15-22(16-12-18)28-20-7-3-4-8-20/h9-16,19-20H,1-8H2,(H2,24,25,26). The van der Waals surface area contributed by atoms with E-state index in [4.69, 9.17) is 9.47 Å². The van der Waals surface area contributed by atoms with E-state index in [9.17, 15) is 4.79 Å². The fourth-order valence-corrected chi connectivity index (χ4v) is 3.92. The van der Waals surface area contributed by atoms with Crippen LogP contribution in [-0.2, 0) is 0 Å². The minimum Gasteiger partial charge on any atom is -0.490 e. The first-order valence-electron chi connectivity index (χ1n) is 10.4. The largest absolute Gasteiger partial charge is 0.490 e. The first-order valence-corrected chi connectivity index (χ1v) is 10.4. The summed E-state index contributed by atoms with van der Waals surface area (Å²) in [5, 5.41) is 5.70. The van der Waals surface area contributed by atoms with Crippen molar-refractivity contribution in [2.24, 2.45) is 0 Å². The van der Waals surface area contributed by atoms with Crippen LogP contribution in [-0.4, -0.2) is 18.2 Å². The van der Waals surface area contributed by atoms with Gasteiger partial charge < -0.3 is 20.1 Å². The zero-order valence-corrected chi connectivity index (χ0v) is 16.2. The molecule has 0 aromatic heterocycles. The molecule has 4 rings (SSSR count). The molecule has 2 N–H and O–H groups in total. The first-order chi connectivity index (χ1) is 13.7. The molecule has 2 aromatic rings. The van der Waals surface area contributed by atoms with Crippen LogP contribution in [0.3, 0.4) is 0 Å². The van der Waals surface area contributed by atoms with Gasteiger partial charge in [0.1, 0.15) is 11.5 Å². The lowest BCUT2D eigenvalue weighted by atomic mass is 10.2. The molecule has 0 bridgehead atoms. The van der Waals surface area contributed by atoms with Crippen LogP contribution in [0.15, 0.2) is 48.5 Å². The lowest BCUT2D eigenvalue weighted by Gasteiger charge is -2.14. The third-order valence-electron chi connectivity index (χ3n) is 5.43. The monoisotopic (exact) mass is 380 g/mol. The Morgan fingerprint density at radius 3 is 1.36 bits per heavy atom. The number of amides is 2. The lowest BCUT2D eigenvalue weighted by Crippen LogP contribution is -2.19. The summed E-state index contributed by atoms with van der Waals surface area (Å²) in [6, 6.07) is 14.8. The highest BCUT2D eigenvalue weighted by Crippen LogP contribution is 2.26. The summed E-state index contributed by atoms with van der Waals surface area (Å²) in [6.07, 6.45) is 10.2. The van der Waals surface area contributed by atoms with Gasteiger partial charge in [0.15, 0.2) is 0 Å². The Bertz CT molecular complexity index is 696. The van der Waals surface area contributed by atoms with Crippen LogP contribution in [0.25, 0.3) is 0 Å². The molecule has 0 aliphatic heterocycles. The molecule has 0 atom stereocenters. The minimum atomic E-state index is -0.270. The molecular formula is C23H28N2O3. The third-order valence-corrected chi connectivity index (χ3v) is 5.43. The van der Waals surface area contributed by atoms with Gasteiger partial charge in [-0.2, -0.15) is 0 Å². The number of urea groups is 1. The van der Waals surface area contributed by atoms with E-state index in [2.05, 4.69) is 10.6 Å². The van der Waals surface area contributed by atoms with Crippen molar-refractivity contribution in [3.8, 4) is 11.5 Å². The van der Waals surface area contributed by atoms with Gasteiger partial charge in [0.05, 0.1) is 12.2 Å². The zero-order valence-electron chi connectivity index (χ0n) is 16.2. The molecule has 5 heteroatoms. The van der Waals surface area contributed by atoms with Gasteiger partial charge >= 0.3 is 6.03 Å². The Kier molecular flexibility index (Phi) is 6.00. The summed E-state index contributed by atoms with van der Waals surface area (Å²) in [7, 11) is 0. The van der Waals surface area contributed by atoms with Gasteiger partial charge in [-0.25, -0.2) is 4.79 Å². The van der Waals surface area contributed by atoms with Crippen molar-refractivity contribution in [2.75, 3.05) is 10.6 Å². The first kappa shape index (κ1) is 18.7. The number of ether oxygens (including phenoxy) is 2. The molecule has 0 saturated heterocycles. The second-order valence-corrected chi connectivity index (χ2v) is 7.68. The highest BCUT2D eigenvalue weighted by atomic mass is 16.5. The molecule has 2 aliphatic carbocycles. The average molecular weight is 380 g/mol. The van der Waals surface area contributed by atoms with E-state index in [0.717, 1.165) is 48.6 Å². The van der Waals surface area contributed by atoms with Crippen LogP contribution in [0.2, 0.25) is 0 Å². The summed E-state index contributed by atoms with van der Waals surface area (Å²) in [4.78, 5) is 12.2. The maximum atomic E-state index is 12.2. The Morgan fingerprint density at radius 1 is 0.643 bits per heavy atom. The van der Waals surface area contributed by atoms with Crippen molar-refractivity contribution in [3.63, 3.8) is 0 Å². The summed E-state index contributed by atoms with van der Waals surface area (Å²) in [5.41, 5.74) is 1.47. The molecule has 2 amide bonds. The van der Waals surface area contributed by atoms with Gasteiger partial charge in [-0.15, -0.1) is 0 Å². The number of hydrogen-bond acceptors (Lipinski definition) is 3. The summed E-state index contributed by atoms with van der Waals surface area (Å²) in [6.45, 7) is 0. The number of hydrogen-bond donors (Lipinski definition) is 2. The maximum Gasteiger partial charge on any atom is 0.323 e. The molecule has 28 heavy (non-hydrogen) atoms. The molecule has 2 aromatic carbocycles. The lowest BCUT2D eigenvalue weighted by molar-refractivity contribution is 0.210. The summed E-state index contributed by atoms with van der Waals surface area (Å²) in [5.74, 6) is 1.71. The van der Waals surface area contributed by atoms with Crippen LogP contribution in [0.5, 0.6) is 11.5 Å². The summed E-state index contributed by atoms with van der Waals surface area (Å²) >= 11 is 0. The quantitative estimate of drug-likeness (QED) is 0.649. The zero-order chi connectivity index (χ0) is 19.2. The van der Waals surface area contributed by atoms with Crippen molar-refractivity contribution in [2.45, 2.75) is 63.6 Å². The van der Waals surface area contributed by atoms with E-state index >= 15 is 0 Å². The number of benzene rings is 2. The predicted molar refractivity (Wildman–Crippen MR) is 111 cm³/mol. The van der Waals surface area contributed by atoms with Crippen molar-refractivity contribution in [3.05, 3.63) is 48.5 Å². The van der Waals surface area contributed by atoms with Crippen molar-refractivity contribution in [1.82, 2.24) is 0 Å². The van der Waals surface area contributed by atoms with Crippen molar-refractivity contribution in [1.29, 1.82) is 0 Å². The number of anilines is 2. The molecule has 5 nitrogen and oxygen atoms in total. The number of carbonyl (C=O) groups excluding carboxylic acids is 1. The van der Waals surface area contributed by atoms with Crippen LogP contribution >= 0.6 is 0 Å². The molecule has 0 heterocycles. The Hall–Kier alpha value is -2.69. The maximum absolute atomic E-state index is 12.2. The van der Waals surface area contributed by atoms with Gasteiger partial charge in [-0.3, -0.25) is 0 Å². The fourth-order valence-electron chi connectivity index (χ4n) is 3.92. The topological polar surface area (TPSA) is 59.6 Å².